The number of unbranched alkanes of at least 4 members (excludes halogenated alkanes) is 1. The number of hydrogen-bond acceptors (Lipinski definition) is 3. The molecular formula is C15H14F3NO2. The van der Waals surface area contributed by atoms with Crippen LogP contribution in [0.25, 0.3) is 6.08 Å². The second-order valence-electron chi connectivity index (χ2n) is 4.24. The number of alkyl halides is 3. The number of esters is 1. The summed E-state index contributed by atoms with van der Waals surface area (Å²) >= 11 is 0. The van der Waals surface area contributed by atoms with E-state index in [0.29, 0.717) is 6.42 Å². The maximum absolute atomic E-state index is 12.8. The van der Waals surface area contributed by atoms with Crippen LogP contribution in [0.15, 0.2) is 29.8 Å². The second-order valence-corrected chi connectivity index (χ2v) is 4.24. The van der Waals surface area contributed by atoms with Crippen LogP contribution >= 0.6 is 0 Å². The van der Waals surface area contributed by atoms with Crippen molar-refractivity contribution in [3.63, 3.8) is 0 Å². The number of nitriles is 1. The molecule has 0 spiro atoms. The Morgan fingerprint density at radius 2 is 2.05 bits per heavy atom. The third-order valence-corrected chi connectivity index (χ3v) is 2.64. The molecule has 0 radical (unpaired) electrons. The molecule has 0 aromatic heterocycles. The minimum Gasteiger partial charge on any atom is -0.462 e. The molecule has 0 amide bonds. The number of carbonyl (C=O) groups is 1. The highest BCUT2D eigenvalue weighted by Crippen LogP contribution is 2.32. The van der Waals surface area contributed by atoms with Crippen LogP contribution < -0.4 is 0 Å². The van der Waals surface area contributed by atoms with Gasteiger partial charge in [-0.2, -0.15) is 18.4 Å². The molecule has 1 aromatic carbocycles. The number of benzene rings is 1. The topological polar surface area (TPSA) is 50.1 Å². The molecule has 112 valence electrons. The first kappa shape index (κ1) is 16.8. The van der Waals surface area contributed by atoms with Crippen molar-refractivity contribution in [3.05, 3.63) is 41.0 Å². The number of carbonyl (C=O) groups excluding carboxylic acids is 1. The lowest BCUT2D eigenvalue weighted by molar-refractivity contribution is -0.139. The van der Waals surface area contributed by atoms with Crippen LogP contribution in [-0.4, -0.2) is 12.6 Å². The molecule has 0 saturated carbocycles. The van der Waals surface area contributed by atoms with Crippen LogP contribution in [0.5, 0.6) is 0 Å². The molecule has 0 heterocycles. The monoisotopic (exact) mass is 297 g/mol. The smallest absolute Gasteiger partial charge is 0.416 e. The first-order valence-corrected chi connectivity index (χ1v) is 6.35. The Balaban J connectivity index is 3.05. The first-order chi connectivity index (χ1) is 9.90. The number of ether oxygens (including phenoxy) is 1. The summed E-state index contributed by atoms with van der Waals surface area (Å²) in [6.45, 7) is 2.03. The summed E-state index contributed by atoms with van der Waals surface area (Å²) in [5.41, 5.74) is -1.60. The number of rotatable bonds is 5. The van der Waals surface area contributed by atoms with Gasteiger partial charge in [0.05, 0.1) is 12.2 Å². The van der Waals surface area contributed by atoms with Gasteiger partial charge in [-0.25, -0.2) is 4.79 Å². The Labute approximate surface area is 120 Å². The summed E-state index contributed by atoms with van der Waals surface area (Å²) in [5.74, 6) is -0.914. The number of nitrogens with zero attached hydrogens (tertiary/aromatic N) is 1. The van der Waals surface area contributed by atoms with E-state index in [-0.39, 0.29) is 12.2 Å². The summed E-state index contributed by atoms with van der Waals surface area (Å²) < 4.78 is 43.3. The molecule has 0 bridgehead atoms. The molecule has 6 heteroatoms. The SMILES string of the molecule is CCCCOC(=O)C(C#N)=Cc1ccccc1C(F)(F)F. The van der Waals surface area contributed by atoms with Crippen LogP contribution in [0.4, 0.5) is 13.2 Å². The lowest BCUT2D eigenvalue weighted by atomic mass is 10.0. The zero-order valence-electron chi connectivity index (χ0n) is 11.4. The van der Waals surface area contributed by atoms with Gasteiger partial charge in [0.1, 0.15) is 11.6 Å². The highest BCUT2D eigenvalue weighted by Gasteiger charge is 2.32. The molecule has 0 saturated heterocycles. The molecule has 1 rings (SSSR count). The molecule has 0 aliphatic heterocycles. The van der Waals surface area contributed by atoms with E-state index in [1.54, 1.807) is 6.07 Å². The Morgan fingerprint density at radius 3 is 2.62 bits per heavy atom. The van der Waals surface area contributed by atoms with Crippen LogP contribution in [0, 0.1) is 11.3 Å². The van der Waals surface area contributed by atoms with Gasteiger partial charge in [0, 0.05) is 0 Å². The average Bonchev–Trinajstić information content (AvgIpc) is 2.44. The zero-order valence-corrected chi connectivity index (χ0v) is 11.4. The van der Waals surface area contributed by atoms with Crippen LogP contribution in [0.2, 0.25) is 0 Å². The van der Waals surface area contributed by atoms with Crippen molar-refractivity contribution < 1.29 is 22.7 Å². The fourth-order valence-corrected chi connectivity index (χ4v) is 1.56. The third kappa shape index (κ3) is 4.95. The predicted octanol–water partition coefficient (Wildman–Crippen LogP) is 3.96. The van der Waals surface area contributed by atoms with E-state index in [9.17, 15) is 18.0 Å². The van der Waals surface area contributed by atoms with Crippen molar-refractivity contribution in [2.75, 3.05) is 6.61 Å². The predicted molar refractivity (Wildman–Crippen MR) is 70.9 cm³/mol. The van der Waals surface area contributed by atoms with Crippen LogP contribution in [-0.2, 0) is 15.7 Å². The zero-order chi connectivity index (χ0) is 15.9. The number of halogens is 3. The summed E-state index contributed by atoms with van der Waals surface area (Å²) in [6, 6.07) is 6.30. The van der Waals surface area contributed by atoms with Gasteiger partial charge >= 0.3 is 12.1 Å². The molecule has 1 aromatic rings. The van der Waals surface area contributed by atoms with Crippen LogP contribution in [0.3, 0.4) is 0 Å². The lowest BCUT2D eigenvalue weighted by Crippen LogP contribution is -2.10. The maximum atomic E-state index is 12.8. The Hall–Kier alpha value is -2.29. The van der Waals surface area contributed by atoms with E-state index in [2.05, 4.69) is 0 Å². The van der Waals surface area contributed by atoms with E-state index in [1.165, 1.54) is 18.2 Å². The minimum atomic E-state index is -4.56. The fourth-order valence-electron chi connectivity index (χ4n) is 1.56. The third-order valence-electron chi connectivity index (χ3n) is 2.64. The number of hydrogen-bond donors (Lipinski definition) is 0. The standard InChI is InChI=1S/C15H14F3NO2/c1-2-3-8-21-14(20)12(10-19)9-11-6-4-5-7-13(11)15(16,17)18/h4-7,9H,2-3,8H2,1H3. The first-order valence-electron chi connectivity index (χ1n) is 6.35. The van der Waals surface area contributed by atoms with Gasteiger partial charge < -0.3 is 4.74 Å². The second kappa shape index (κ2) is 7.48. The van der Waals surface area contributed by atoms with Gasteiger partial charge in [0.15, 0.2) is 0 Å². The van der Waals surface area contributed by atoms with E-state index in [4.69, 9.17) is 10.00 Å². The molecule has 0 unspecified atom stereocenters. The normalized spacial score (nSPS) is 11.9. The molecule has 0 aliphatic carbocycles. The quantitative estimate of drug-likeness (QED) is 0.358. The van der Waals surface area contributed by atoms with Crippen molar-refractivity contribution >= 4 is 12.0 Å². The average molecular weight is 297 g/mol. The largest absolute Gasteiger partial charge is 0.462 e. The van der Waals surface area contributed by atoms with Crippen molar-refractivity contribution in [2.45, 2.75) is 25.9 Å². The van der Waals surface area contributed by atoms with E-state index >= 15 is 0 Å². The molecule has 0 fully saturated rings. The van der Waals surface area contributed by atoms with Gasteiger partial charge in [-0.05, 0) is 24.1 Å². The lowest BCUT2D eigenvalue weighted by Gasteiger charge is -2.10. The Kier molecular flexibility index (Phi) is 5.97. The van der Waals surface area contributed by atoms with Gasteiger partial charge in [0.25, 0.3) is 0 Å². The van der Waals surface area contributed by atoms with Gasteiger partial charge in [0.2, 0.25) is 0 Å². The Bertz CT molecular complexity index is 571. The summed E-state index contributed by atoms with van der Waals surface area (Å²) in [4.78, 5) is 11.6. The highest BCUT2D eigenvalue weighted by atomic mass is 19.4. The summed E-state index contributed by atoms with van der Waals surface area (Å²) in [6.07, 6.45) is -2.23. The van der Waals surface area contributed by atoms with Gasteiger partial charge in [-0.15, -0.1) is 0 Å². The van der Waals surface area contributed by atoms with Crippen molar-refractivity contribution in [2.24, 2.45) is 0 Å². The Morgan fingerprint density at radius 1 is 1.38 bits per heavy atom. The van der Waals surface area contributed by atoms with Crippen molar-refractivity contribution in [1.29, 1.82) is 5.26 Å². The van der Waals surface area contributed by atoms with Crippen molar-refractivity contribution in [1.82, 2.24) is 0 Å². The molecule has 3 nitrogen and oxygen atoms in total. The minimum absolute atomic E-state index is 0.134. The maximum Gasteiger partial charge on any atom is 0.416 e. The highest BCUT2D eigenvalue weighted by molar-refractivity contribution is 5.98. The molecule has 0 N–H and O–H groups in total. The van der Waals surface area contributed by atoms with Gasteiger partial charge in [-0.1, -0.05) is 31.5 Å². The van der Waals surface area contributed by atoms with E-state index in [1.807, 2.05) is 6.92 Å². The summed E-state index contributed by atoms with van der Waals surface area (Å²) in [7, 11) is 0. The van der Waals surface area contributed by atoms with Crippen LogP contribution in [0.1, 0.15) is 30.9 Å². The molecule has 0 atom stereocenters. The van der Waals surface area contributed by atoms with Gasteiger partial charge in [-0.3, -0.25) is 0 Å². The molecular weight excluding hydrogens is 283 g/mol. The fraction of sp³-hybridized carbons (Fsp3) is 0.333. The van der Waals surface area contributed by atoms with E-state index < -0.39 is 23.3 Å². The van der Waals surface area contributed by atoms with E-state index in [0.717, 1.165) is 18.6 Å². The van der Waals surface area contributed by atoms with Crippen molar-refractivity contribution in [3.8, 4) is 6.07 Å². The summed E-state index contributed by atoms with van der Waals surface area (Å²) in [5, 5.41) is 8.91. The molecule has 21 heavy (non-hydrogen) atoms. The molecule has 0 aliphatic rings.